The number of carboxylic acids is 1. The molecule has 0 aliphatic heterocycles. The second kappa shape index (κ2) is 4.80. The third-order valence-corrected chi connectivity index (χ3v) is 3.35. The number of nitrogens with zero attached hydrogens (tertiary/aromatic N) is 1. The Bertz CT molecular complexity index is 466. The molecular weight excluding hydrogens is 230 g/mol. The summed E-state index contributed by atoms with van der Waals surface area (Å²) in [6, 6.07) is 7.70. The van der Waals surface area contributed by atoms with E-state index in [9.17, 15) is 9.59 Å². The van der Waals surface area contributed by atoms with Gasteiger partial charge in [0.2, 0.25) is 5.91 Å². The number of carbonyl (C=O) groups is 2. The predicted molar refractivity (Wildman–Crippen MR) is 68.4 cm³/mol. The fourth-order valence-corrected chi connectivity index (χ4v) is 2.13. The predicted octanol–water partition coefficient (Wildman–Crippen LogP) is 2.07. The van der Waals surface area contributed by atoms with Crippen LogP contribution in [-0.4, -0.2) is 23.5 Å². The molecule has 0 radical (unpaired) electrons. The molecule has 1 N–H and O–H groups in total. The van der Waals surface area contributed by atoms with Crippen molar-refractivity contribution in [3.8, 4) is 0 Å². The van der Waals surface area contributed by atoms with Crippen molar-refractivity contribution in [1.29, 1.82) is 0 Å². The van der Waals surface area contributed by atoms with Crippen LogP contribution in [-0.2, 0) is 9.59 Å². The molecule has 18 heavy (non-hydrogen) atoms. The average Bonchev–Trinajstić information content (AvgIpc) is 3.12. The number of hydrogen-bond donors (Lipinski definition) is 1. The topological polar surface area (TPSA) is 57.6 Å². The third kappa shape index (κ3) is 2.37. The zero-order chi connectivity index (χ0) is 13.3. The number of anilines is 1. The number of amides is 1. The van der Waals surface area contributed by atoms with E-state index < -0.39 is 11.9 Å². The lowest BCUT2D eigenvalue weighted by molar-refractivity contribution is -0.140. The number of rotatable bonds is 4. The van der Waals surface area contributed by atoms with Crippen molar-refractivity contribution in [2.45, 2.75) is 20.3 Å². The molecule has 4 nitrogen and oxygen atoms in total. The number of aryl methyl sites for hydroxylation is 1. The maximum atomic E-state index is 12.2. The van der Waals surface area contributed by atoms with Crippen LogP contribution in [0.2, 0.25) is 0 Å². The molecule has 1 aromatic carbocycles. The van der Waals surface area contributed by atoms with Crippen LogP contribution in [0.1, 0.15) is 18.9 Å². The number of hydrogen-bond acceptors (Lipinski definition) is 2. The Labute approximate surface area is 106 Å². The van der Waals surface area contributed by atoms with Crippen molar-refractivity contribution in [3.63, 3.8) is 0 Å². The van der Waals surface area contributed by atoms with Crippen LogP contribution in [0.5, 0.6) is 0 Å². The molecule has 0 spiro atoms. The molecule has 1 fully saturated rings. The summed E-state index contributed by atoms with van der Waals surface area (Å²) >= 11 is 0. The van der Waals surface area contributed by atoms with E-state index in [0.29, 0.717) is 13.0 Å². The summed E-state index contributed by atoms with van der Waals surface area (Å²) in [7, 11) is 0. The van der Waals surface area contributed by atoms with Gasteiger partial charge in [-0.25, -0.2) is 0 Å². The number of carbonyl (C=O) groups excluding carboxylic acids is 1. The molecule has 2 atom stereocenters. The van der Waals surface area contributed by atoms with Crippen LogP contribution in [0, 0.1) is 18.8 Å². The van der Waals surface area contributed by atoms with Gasteiger partial charge in [0.05, 0.1) is 11.8 Å². The van der Waals surface area contributed by atoms with Gasteiger partial charge in [-0.2, -0.15) is 0 Å². The van der Waals surface area contributed by atoms with E-state index in [4.69, 9.17) is 5.11 Å². The molecular formula is C14H17NO3. The quantitative estimate of drug-likeness (QED) is 0.886. The number of carboxylic acid groups (broad SMARTS) is 1. The second-order valence-electron chi connectivity index (χ2n) is 4.70. The molecule has 2 unspecified atom stereocenters. The Morgan fingerprint density at radius 1 is 1.28 bits per heavy atom. The molecule has 96 valence electrons. The minimum Gasteiger partial charge on any atom is -0.481 e. The van der Waals surface area contributed by atoms with Crippen LogP contribution in [0.25, 0.3) is 0 Å². The molecule has 0 aromatic heterocycles. The molecule has 1 saturated carbocycles. The Morgan fingerprint density at radius 3 is 2.33 bits per heavy atom. The normalized spacial score (nSPS) is 21.4. The highest BCUT2D eigenvalue weighted by Gasteiger charge is 2.49. The Balaban J connectivity index is 2.12. The van der Waals surface area contributed by atoms with Crippen molar-refractivity contribution < 1.29 is 14.7 Å². The van der Waals surface area contributed by atoms with Crippen molar-refractivity contribution in [1.82, 2.24) is 0 Å². The monoisotopic (exact) mass is 247 g/mol. The molecule has 1 aliphatic rings. The van der Waals surface area contributed by atoms with Gasteiger partial charge >= 0.3 is 5.97 Å². The van der Waals surface area contributed by atoms with Crippen LogP contribution >= 0.6 is 0 Å². The summed E-state index contributed by atoms with van der Waals surface area (Å²) in [6.45, 7) is 4.45. The van der Waals surface area contributed by atoms with Crippen LogP contribution in [0.4, 0.5) is 5.69 Å². The second-order valence-corrected chi connectivity index (χ2v) is 4.70. The summed E-state index contributed by atoms with van der Waals surface area (Å²) in [4.78, 5) is 24.7. The highest BCUT2D eigenvalue weighted by molar-refractivity contribution is 6.00. The Kier molecular flexibility index (Phi) is 3.36. The van der Waals surface area contributed by atoms with Gasteiger partial charge in [-0.1, -0.05) is 17.7 Å². The molecule has 0 saturated heterocycles. The van der Waals surface area contributed by atoms with Gasteiger partial charge in [0.15, 0.2) is 0 Å². The lowest BCUT2D eigenvalue weighted by Crippen LogP contribution is -2.32. The van der Waals surface area contributed by atoms with E-state index >= 15 is 0 Å². The van der Waals surface area contributed by atoms with Crippen molar-refractivity contribution in [3.05, 3.63) is 29.8 Å². The lowest BCUT2D eigenvalue weighted by Gasteiger charge is -2.21. The third-order valence-electron chi connectivity index (χ3n) is 3.35. The van der Waals surface area contributed by atoms with E-state index in [-0.39, 0.29) is 11.8 Å². The fraction of sp³-hybridized carbons (Fsp3) is 0.429. The fourth-order valence-electron chi connectivity index (χ4n) is 2.13. The summed E-state index contributed by atoms with van der Waals surface area (Å²) in [5.41, 5.74) is 1.97. The van der Waals surface area contributed by atoms with Gasteiger partial charge in [0, 0.05) is 12.2 Å². The van der Waals surface area contributed by atoms with Gasteiger partial charge < -0.3 is 10.0 Å². The zero-order valence-corrected chi connectivity index (χ0v) is 10.6. The van der Waals surface area contributed by atoms with Crippen molar-refractivity contribution in [2.24, 2.45) is 11.8 Å². The smallest absolute Gasteiger partial charge is 0.307 e. The maximum Gasteiger partial charge on any atom is 0.307 e. The molecule has 1 amide bonds. The Morgan fingerprint density at radius 2 is 1.89 bits per heavy atom. The maximum absolute atomic E-state index is 12.2. The molecule has 4 heteroatoms. The summed E-state index contributed by atoms with van der Waals surface area (Å²) in [6.07, 6.45) is 0.469. The lowest BCUT2D eigenvalue weighted by atomic mass is 10.2. The van der Waals surface area contributed by atoms with E-state index in [2.05, 4.69) is 0 Å². The first-order valence-electron chi connectivity index (χ1n) is 6.15. The first kappa shape index (κ1) is 12.6. The minimum absolute atomic E-state index is 0.0752. The molecule has 0 heterocycles. The van der Waals surface area contributed by atoms with Gasteiger partial charge in [-0.3, -0.25) is 9.59 Å². The van der Waals surface area contributed by atoms with E-state index in [0.717, 1.165) is 11.3 Å². The first-order valence-corrected chi connectivity index (χ1v) is 6.15. The minimum atomic E-state index is -0.867. The highest BCUT2D eigenvalue weighted by atomic mass is 16.4. The summed E-state index contributed by atoms with van der Waals surface area (Å²) < 4.78 is 0. The Hall–Kier alpha value is -1.84. The van der Waals surface area contributed by atoms with E-state index in [1.807, 2.05) is 38.1 Å². The SMILES string of the molecule is CCN(C(=O)C1CC1C(=O)O)c1ccc(C)cc1. The zero-order valence-electron chi connectivity index (χ0n) is 10.6. The van der Waals surface area contributed by atoms with Gasteiger partial charge in [0.1, 0.15) is 0 Å². The van der Waals surface area contributed by atoms with Gasteiger partial charge in [-0.15, -0.1) is 0 Å². The molecule has 1 aliphatic carbocycles. The van der Waals surface area contributed by atoms with Crippen molar-refractivity contribution in [2.75, 3.05) is 11.4 Å². The number of benzene rings is 1. The summed E-state index contributed by atoms with van der Waals surface area (Å²) in [5, 5.41) is 8.86. The standard InChI is InChI=1S/C14H17NO3/c1-3-15(10-6-4-9(2)5-7-10)13(16)11-8-12(11)14(17)18/h4-7,11-12H,3,8H2,1-2H3,(H,17,18). The van der Waals surface area contributed by atoms with Gasteiger partial charge in [0.25, 0.3) is 0 Å². The van der Waals surface area contributed by atoms with E-state index in [1.54, 1.807) is 4.90 Å². The van der Waals surface area contributed by atoms with E-state index in [1.165, 1.54) is 0 Å². The molecule has 2 rings (SSSR count). The first-order chi connectivity index (χ1) is 8.54. The largest absolute Gasteiger partial charge is 0.481 e. The van der Waals surface area contributed by atoms with Crippen LogP contribution in [0.15, 0.2) is 24.3 Å². The highest BCUT2D eigenvalue weighted by Crippen LogP contribution is 2.40. The van der Waals surface area contributed by atoms with Crippen molar-refractivity contribution >= 4 is 17.6 Å². The molecule has 0 bridgehead atoms. The number of aliphatic carboxylic acids is 1. The van der Waals surface area contributed by atoms with Crippen LogP contribution < -0.4 is 4.90 Å². The van der Waals surface area contributed by atoms with Crippen LogP contribution in [0.3, 0.4) is 0 Å². The average molecular weight is 247 g/mol. The van der Waals surface area contributed by atoms with Gasteiger partial charge in [-0.05, 0) is 32.4 Å². The summed E-state index contributed by atoms with van der Waals surface area (Å²) in [5.74, 6) is -1.78. The molecule has 1 aromatic rings.